The topological polar surface area (TPSA) is 80.3 Å². The monoisotopic (exact) mass is 832 g/mol. The molecule has 0 amide bonds. The quantitative estimate of drug-likeness (QED) is 0.110. The Morgan fingerprint density at radius 1 is 0.789 bits per heavy atom. The zero-order chi connectivity index (χ0) is 40.1. The molecule has 4 aromatic carbocycles. The molecule has 7 nitrogen and oxygen atoms in total. The molecule has 0 spiro atoms. The van der Waals surface area contributed by atoms with Gasteiger partial charge >= 0.3 is 11.9 Å². The van der Waals surface area contributed by atoms with Gasteiger partial charge in [0, 0.05) is 9.89 Å². The number of esters is 2. The van der Waals surface area contributed by atoms with E-state index in [1.165, 1.54) is 0 Å². The van der Waals surface area contributed by atoms with Crippen molar-refractivity contribution in [2.24, 2.45) is 22.7 Å². The second kappa shape index (κ2) is 15.2. The molecule has 4 aromatic rings. The van der Waals surface area contributed by atoms with Crippen LogP contribution in [0.1, 0.15) is 83.4 Å². The fourth-order valence-corrected chi connectivity index (χ4v) is 11.2. The summed E-state index contributed by atoms with van der Waals surface area (Å²) in [6.45, 7) is 11.1. The molecule has 2 aliphatic heterocycles. The minimum absolute atomic E-state index is 0.0945. The molecule has 3 fully saturated rings. The minimum atomic E-state index is -1.25. The summed E-state index contributed by atoms with van der Waals surface area (Å²) in [5, 5.41) is 0. The van der Waals surface area contributed by atoms with Crippen molar-refractivity contribution in [3.63, 3.8) is 0 Å². The number of halogens is 1. The lowest BCUT2D eigenvalue weighted by molar-refractivity contribution is -0.225. The van der Waals surface area contributed by atoms with Gasteiger partial charge in [-0.2, -0.15) is 0 Å². The predicted octanol–water partition coefficient (Wildman–Crippen LogP) is 10.4. The summed E-state index contributed by atoms with van der Waals surface area (Å²) in [5.74, 6) is 0.159. The molecule has 298 valence electrons. The van der Waals surface area contributed by atoms with E-state index in [0.29, 0.717) is 31.0 Å². The summed E-state index contributed by atoms with van der Waals surface area (Å²) in [5.41, 5.74) is 0.235. The molecule has 7 atom stereocenters. The maximum atomic E-state index is 14.4. The largest absolute Gasteiger partial charge is 0.476 e. The standard InChI is InChI=1S/C49H53BrO7/c1-45(2,56-37-23-21-36(50)22-24-37)44(52)55-42-26-28-46(3)40(25-29-48(5)41(46)31-39(57-48)38-27-30-53-43(38)51)47(42,4)32-54-49(33-15-9-6-10-16-33,34-17-11-7-12-18-34)35-19-13-8-14-20-35/h6-24,27,39-42H,25-26,28-32H2,1-5H3/t39?,40-,41?,42+,46+,47-,48+/m0/s1. The van der Waals surface area contributed by atoms with Gasteiger partial charge in [0.1, 0.15) is 24.1 Å². The van der Waals surface area contributed by atoms with Crippen molar-refractivity contribution in [1.82, 2.24) is 0 Å². The first kappa shape index (κ1) is 39.6. The van der Waals surface area contributed by atoms with Crippen LogP contribution < -0.4 is 4.74 Å². The van der Waals surface area contributed by atoms with E-state index in [1.807, 2.05) is 48.5 Å². The molecule has 2 unspecified atom stereocenters. The van der Waals surface area contributed by atoms with Crippen LogP contribution in [0, 0.1) is 22.7 Å². The summed E-state index contributed by atoms with van der Waals surface area (Å²) in [7, 11) is 0. The lowest BCUT2D eigenvalue weighted by Crippen LogP contribution is -2.63. The number of fused-ring (bicyclic) bond motifs is 3. The van der Waals surface area contributed by atoms with Gasteiger partial charge in [0.05, 0.1) is 23.9 Å². The van der Waals surface area contributed by atoms with Gasteiger partial charge in [-0.3, -0.25) is 0 Å². The molecule has 0 bridgehead atoms. The molecule has 2 saturated carbocycles. The van der Waals surface area contributed by atoms with Crippen molar-refractivity contribution in [1.29, 1.82) is 0 Å². The van der Waals surface area contributed by atoms with Crippen LogP contribution in [-0.2, 0) is 34.1 Å². The Kier molecular flexibility index (Phi) is 10.5. The van der Waals surface area contributed by atoms with Crippen LogP contribution in [0.25, 0.3) is 0 Å². The van der Waals surface area contributed by atoms with Crippen molar-refractivity contribution in [2.75, 3.05) is 13.2 Å². The smallest absolute Gasteiger partial charge is 0.350 e. The number of cyclic esters (lactones) is 1. The van der Waals surface area contributed by atoms with Gasteiger partial charge in [0.25, 0.3) is 0 Å². The second-order valence-electron chi connectivity index (χ2n) is 17.6. The van der Waals surface area contributed by atoms with Crippen molar-refractivity contribution in [3.05, 3.63) is 148 Å². The van der Waals surface area contributed by atoms with E-state index in [-0.39, 0.29) is 29.3 Å². The third-order valence-electron chi connectivity index (χ3n) is 13.8. The normalized spacial score (nSPS) is 29.8. The maximum absolute atomic E-state index is 14.4. The molecule has 2 aliphatic carbocycles. The first-order chi connectivity index (χ1) is 27.3. The Morgan fingerprint density at radius 2 is 1.37 bits per heavy atom. The highest BCUT2D eigenvalue weighted by Crippen LogP contribution is 2.67. The highest BCUT2D eigenvalue weighted by Gasteiger charge is 2.66. The average Bonchev–Trinajstić information content (AvgIpc) is 3.81. The Hall–Kier alpha value is -4.24. The van der Waals surface area contributed by atoms with Gasteiger partial charge in [-0.1, -0.05) is 121 Å². The number of carbonyl (C=O) groups excluding carboxylic acids is 2. The van der Waals surface area contributed by atoms with E-state index in [0.717, 1.165) is 46.8 Å². The minimum Gasteiger partial charge on any atom is -0.476 e. The number of ether oxygens (including phenoxy) is 5. The van der Waals surface area contributed by atoms with E-state index in [9.17, 15) is 9.59 Å². The maximum Gasteiger partial charge on any atom is 0.350 e. The second-order valence-corrected chi connectivity index (χ2v) is 18.6. The summed E-state index contributed by atoms with van der Waals surface area (Å²) in [4.78, 5) is 27.2. The molecule has 0 radical (unpaired) electrons. The average molecular weight is 834 g/mol. The van der Waals surface area contributed by atoms with Crippen LogP contribution in [0.2, 0.25) is 0 Å². The van der Waals surface area contributed by atoms with Crippen molar-refractivity contribution in [2.45, 2.75) is 95.7 Å². The van der Waals surface area contributed by atoms with Gasteiger partial charge in [0.15, 0.2) is 5.60 Å². The Balaban J connectivity index is 1.19. The Morgan fingerprint density at radius 3 is 1.91 bits per heavy atom. The van der Waals surface area contributed by atoms with Gasteiger partial charge < -0.3 is 23.7 Å². The molecule has 1 saturated heterocycles. The van der Waals surface area contributed by atoms with Gasteiger partial charge in [-0.25, -0.2) is 9.59 Å². The number of rotatable bonds is 11. The Bertz CT molecular complexity index is 2010. The summed E-state index contributed by atoms with van der Waals surface area (Å²) < 4.78 is 33.8. The fraction of sp³-hybridized carbons (Fsp3) is 0.429. The molecular formula is C49H53BrO7. The van der Waals surface area contributed by atoms with Gasteiger partial charge in [-0.05, 0) is 117 Å². The third-order valence-corrected chi connectivity index (χ3v) is 14.3. The van der Waals surface area contributed by atoms with E-state index >= 15 is 0 Å². The van der Waals surface area contributed by atoms with Crippen LogP contribution in [0.15, 0.2) is 131 Å². The molecule has 0 N–H and O–H groups in total. The highest BCUT2D eigenvalue weighted by atomic mass is 79.9. The first-order valence-corrected chi connectivity index (χ1v) is 21.1. The van der Waals surface area contributed by atoms with Gasteiger partial charge in [-0.15, -0.1) is 0 Å². The van der Waals surface area contributed by atoms with E-state index in [1.54, 1.807) is 13.8 Å². The highest BCUT2D eigenvalue weighted by molar-refractivity contribution is 9.10. The SMILES string of the molecule is CC(C)(Oc1ccc(Br)cc1)C(=O)O[C@@H]1CC[C@@]2(C)C3CC(C4=CCOC4=O)O[C@]3(C)CC[C@@H]2[C@]1(C)COC(c1ccccc1)(c1ccccc1)c1ccccc1. The summed E-state index contributed by atoms with van der Waals surface area (Å²) >= 11 is 3.49. The lowest BCUT2D eigenvalue weighted by atomic mass is 9.44. The van der Waals surface area contributed by atoms with Crippen molar-refractivity contribution < 1.29 is 33.3 Å². The predicted molar refractivity (Wildman–Crippen MR) is 222 cm³/mol. The van der Waals surface area contributed by atoms with E-state index < -0.39 is 34.3 Å². The molecule has 4 aliphatic rings. The van der Waals surface area contributed by atoms with Gasteiger partial charge in [0.2, 0.25) is 0 Å². The van der Waals surface area contributed by atoms with Crippen LogP contribution >= 0.6 is 15.9 Å². The van der Waals surface area contributed by atoms with E-state index in [4.69, 9.17) is 23.7 Å². The molecule has 8 rings (SSSR count). The molecule has 2 heterocycles. The summed E-state index contributed by atoms with van der Waals surface area (Å²) in [6.07, 6.45) is 4.99. The first-order valence-electron chi connectivity index (χ1n) is 20.3. The molecule has 0 aromatic heterocycles. The molecular weight excluding hydrogens is 780 g/mol. The third kappa shape index (κ3) is 7.06. The van der Waals surface area contributed by atoms with Crippen LogP contribution in [-0.4, -0.2) is 48.6 Å². The summed E-state index contributed by atoms with van der Waals surface area (Å²) in [6, 6.07) is 38.8. The van der Waals surface area contributed by atoms with Crippen molar-refractivity contribution >= 4 is 27.9 Å². The molecule has 57 heavy (non-hydrogen) atoms. The number of carbonyl (C=O) groups is 2. The van der Waals surface area contributed by atoms with Crippen LogP contribution in [0.5, 0.6) is 5.75 Å². The van der Waals surface area contributed by atoms with Crippen LogP contribution in [0.4, 0.5) is 0 Å². The zero-order valence-corrected chi connectivity index (χ0v) is 35.1. The van der Waals surface area contributed by atoms with Crippen molar-refractivity contribution in [3.8, 4) is 5.75 Å². The number of benzene rings is 4. The number of hydrogen-bond donors (Lipinski definition) is 0. The Labute approximate surface area is 345 Å². The zero-order valence-electron chi connectivity index (χ0n) is 33.5. The lowest BCUT2D eigenvalue weighted by Gasteiger charge is -2.62. The van der Waals surface area contributed by atoms with E-state index in [2.05, 4.69) is 109 Å². The van der Waals surface area contributed by atoms with Crippen LogP contribution in [0.3, 0.4) is 0 Å². The number of hydrogen-bond acceptors (Lipinski definition) is 7. The fourth-order valence-electron chi connectivity index (χ4n) is 10.9. The molecule has 8 heteroatoms.